The number of carbonyl (C=O) groups is 3. The Bertz CT molecular complexity index is 1370. The lowest BCUT2D eigenvalue weighted by molar-refractivity contribution is -0.125. The highest BCUT2D eigenvalue weighted by Crippen LogP contribution is 2.48. The summed E-state index contributed by atoms with van der Waals surface area (Å²) in [5.74, 6) is 0.597. The molecule has 3 unspecified atom stereocenters. The third-order valence-corrected chi connectivity index (χ3v) is 8.91. The van der Waals surface area contributed by atoms with Gasteiger partial charge in [-0.05, 0) is 62.2 Å². The Kier molecular flexibility index (Phi) is 6.73. The second-order valence-electron chi connectivity index (χ2n) is 9.98. The molecule has 5 heterocycles. The number of nitrogens with zero attached hydrogens (tertiary/aromatic N) is 4. The standard InChI is InChI=1S/C27H29N7O4S/c1-3-21(35)33-12-9-16(14-33)30-25(36)24-23-22-19(8-11-28-26(22)39-24)34(27(37)31-23)18-7-6-17(13-15(18)2)38-20-5-4-10-29-32-20/h3-7,10,13,16,19,22,26,28H,1,8-9,11-12,14H2,2H3,(H,30,36)(H,31,37)/t16-,19?,22?,26?/m1/s1. The summed E-state index contributed by atoms with van der Waals surface area (Å²) in [5, 5.41) is 17.4. The first kappa shape index (κ1) is 25.4. The minimum absolute atomic E-state index is 0.0235. The average molecular weight is 548 g/mol. The van der Waals surface area contributed by atoms with Crippen LogP contribution in [0, 0.1) is 12.8 Å². The lowest BCUT2D eigenvalue weighted by Crippen LogP contribution is -2.62. The van der Waals surface area contributed by atoms with Crippen LogP contribution in [0.15, 0.2) is 59.8 Å². The van der Waals surface area contributed by atoms with Gasteiger partial charge < -0.3 is 25.6 Å². The fourth-order valence-corrected chi connectivity index (χ4v) is 7.18. The Morgan fingerprint density at radius 2 is 2.15 bits per heavy atom. The number of hydrogen-bond acceptors (Lipinski definition) is 8. The second-order valence-corrected chi connectivity index (χ2v) is 11.1. The Morgan fingerprint density at radius 3 is 2.92 bits per heavy atom. The predicted octanol–water partition coefficient (Wildman–Crippen LogP) is 2.27. The van der Waals surface area contributed by atoms with E-state index in [0.717, 1.165) is 24.2 Å². The van der Waals surface area contributed by atoms with Crippen molar-refractivity contribution in [3.05, 3.63) is 65.3 Å². The molecule has 0 saturated carbocycles. The Hall–Kier alpha value is -3.90. The number of nitrogens with one attached hydrogen (secondary N) is 3. The molecule has 1 aromatic carbocycles. The van der Waals surface area contributed by atoms with Crippen molar-refractivity contribution in [3.63, 3.8) is 0 Å². The summed E-state index contributed by atoms with van der Waals surface area (Å²) in [4.78, 5) is 42.9. The number of rotatable bonds is 6. The Morgan fingerprint density at radius 1 is 1.28 bits per heavy atom. The molecule has 2 aromatic rings. The van der Waals surface area contributed by atoms with Crippen LogP contribution in [-0.2, 0) is 9.59 Å². The number of hydrogen-bond donors (Lipinski definition) is 3. The second kappa shape index (κ2) is 10.3. The van der Waals surface area contributed by atoms with E-state index in [-0.39, 0.29) is 41.2 Å². The van der Waals surface area contributed by atoms with Crippen LogP contribution in [0.25, 0.3) is 0 Å². The van der Waals surface area contributed by atoms with E-state index >= 15 is 0 Å². The van der Waals surface area contributed by atoms with Gasteiger partial charge in [-0.25, -0.2) is 4.79 Å². The largest absolute Gasteiger partial charge is 0.438 e. The van der Waals surface area contributed by atoms with E-state index in [1.807, 2.05) is 30.0 Å². The monoisotopic (exact) mass is 547 g/mol. The minimum Gasteiger partial charge on any atom is -0.438 e. The minimum atomic E-state index is -0.256. The molecule has 11 nitrogen and oxygen atoms in total. The summed E-state index contributed by atoms with van der Waals surface area (Å²) in [6.07, 6.45) is 4.31. The third kappa shape index (κ3) is 4.74. The van der Waals surface area contributed by atoms with E-state index in [4.69, 9.17) is 4.74 Å². The molecule has 4 atom stereocenters. The first-order chi connectivity index (χ1) is 18.9. The molecule has 0 bridgehead atoms. The zero-order valence-corrected chi connectivity index (χ0v) is 22.2. The first-order valence-electron chi connectivity index (χ1n) is 13.0. The van der Waals surface area contributed by atoms with Crippen molar-refractivity contribution in [1.29, 1.82) is 0 Å². The number of aromatic nitrogens is 2. The summed E-state index contributed by atoms with van der Waals surface area (Å²) < 4.78 is 5.82. The van der Waals surface area contributed by atoms with Gasteiger partial charge in [0.15, 0.2) is 0 Å². The molecule has 4 aliphatic rings. The molecule has 3 fully saturated rings. The lowest BCUT2D eigenvalue weighted by Gasteiger charge is -2.46. The molecule has 39 heavy (non-hydrogen) atoms. The highest BCUT2D eigenvalue weighted by atomic mass is 32.2. The van der Waals surface area contributed by atoms with Gasteiger partial charge in [-0.2, -0.15) is 5.10 Å². The van der Waals surface area contributed by atoms with Crippen molar-refractivity contribution in [3.8, 4) is 11.6 Å². The molecule has 12 heteroatoms. The number of likely N-dealkylation sites (tertiary alicyclic amines) is 1. The van der Waals surface area contributed by atoms with Crippen molar-refractivity contribution in [1.82, 2.24) is 31.0 Å². The topological polar surface area (TPSA) is 129 Å². The van der Waals surface area contributed by atoms with Crippen LogP contribution in [0.3, 0.4) is 0 Å². The lowest BCUT2D eigenvalue weighted by atomic mass is 9.86. The van der Waals surface area contributed by atoms with E-state index < -0.39 is 0 Å². The SMILES string of the molecule is C=CC(=O)N1CC[C@@H](NC(=O)C2=C3NC(=O)N(c4ccc(Oc5cccnn5)cc4C)C4CCNC(S2)C34)C1. The van der Waals surface area contributed by atoms with Gasteiger partial charge in [-0.3, -0.25) is 14.5 Å². The van der Waals surface area contributed by atoms with Crippen molar-refractivity contribution in [2.45, 2.75) is 37.2 Å². The summed E-state index contributed by atoms with van der Waals surface area (Å²) in [6.45, 7) is 7.25. The Balaban J connectivity index is 1.22. The molecular weight excluding hydrogens is 518 g/mol. The Labute approximate surface area is 230 Å². The first-order valence-corrected chi connectivity index (χ1v) is 13.8. The summed E-state index contributed by atoms with van der Waals surface area (Å²) in [7, 11) is 0. The maximum atomic E-state index is 13.5. The summed E-state index contributed by atoms with van der Waals surface area (Å²) in [6, 6.07) is 8.57. The predicted molar refractivity (Wildman–Crippen MR) is 146 cm³/mol. The number of aryl methyl sites for hydroxylation is 1. The number of benzene rings is 1. The van der Waals surface area contributed by atoms with Gasteiger partial charge >= 0.3 is 6.03 Å². The smallest absolute Gasteiger partial charge is 0.326 e. The van der Waals surface area contributed by atoms with E-state index in [1.165, 1.54) is 17.8 Å². The van der Waals surface area contributed by atoms with Gasteiger partial charge in [0.2, 0.25) is 11.8 Å². The molecule has 0 aliphatic carbocycles. The molecule has 4 aliphatic heterocycles. The van der Waals surface area contributed by atoms with Gasteiger partial charge in [-0.15, -0.1) is 5.10 Å². The number of thioether (sulfide) groups is 1. The van der Waals surface area contributed by atoms with Crippen LogP contribution in [0.5, 0.6) is 11.6 Å². The van der Waals surface area contributed by atoms with Crippen LogP contribution in [-0.4, -0.2) is 70.0 Å². The average Bonchev–Trinajstić information content (AvgIpc) is 3.55. The highest BCUT2D eigenvalue weighted by molar-refractivity contribution is 8.04. The highest BCUT2D eigenvalue weighted by Gasteiger charge is 2.52. The van der Waals surface area contributed by atoms with Crippen LogP contribution >= 0.6 is 11.8 Å². The number of piperidine rings is 1. The quantitative estimate of drug-likeness (QED) is 0.470. The fraction of sp³-hybridized carbons (Fsp3) is 0.370. The van der Waals surface area contributed by atoms with E-state index in [0.29, 0.717) is 41.7 Å². The van der Waals surface area contributed by atoms with Gasteiger partial charge in [0, 0.05) is 48.7 Å². The maximum absolute atomic E-state index is 13.5. The van der Waals surface area contributed by atoms with Crippen molar-refractivity contribution >= 4 is 35.3 Å². The number of carbonyl (C=O) groups excluding carboxylic acids is 3. The maximum Gasteiger partial charge on any atom is 0.326 e. The molecule has 202 valence electrons. The zero-order valence-electron chi connectivity index (χ0n) is 21.4. The van der Waals surface area contributed by atoms with Crippen LogP contribution in [0.1, 0.15) is 18.4 Å². The number of ether oxygens (including phenoxy) is 1. The molecule has 1 aromatic heterocycles. The van der Waals surface area contributed by atoms with Gasteiger partial charge in [-0.1, -0.05) is 18.3 Å². The normalized spacial score (nSPS) is 25.7. The van der Waals surface area contributed by atoms with E-state index in [1.54, 1.807) is 23.2 Å². The van der Waals surface area contributed by atoms with E-state index in [2.05, 4.69) is 32.7 Å². The van der Waals surface area contributed by atoms with Crippen LogP contribution < -0.4 is 25.6 Å². The van der Waals surface area contributed by atoms with E-state index in [9.17, 15) is 14.4 Å². The molecule has 3 N–H and O–H groups in total. The fourth-order valence-electron chi connectivity index (χ4n) is 5.78. The van der Waals surface area contributed by atoms with Crippen molar-refractivity contribution in [2.24, 2.45) is 5.92 Å². The zero-order chi connectivity index (χ0) is 27.1. The van der Waals surface area contributed by atoms with Crippen molar-refractivity contribution in [2.75, 3.05) is 24.5 Å². The van der Waals surface area contributed by atoms with Crippen LogP contribution in [0.2, 0.25) is 0 Å². The number of urea groups is 1. The molecule has 0 radical (unpaired) electrons. The summed E-state index contributed by atoms with van der Waals surface area (Å²) in [5.41, 5.74) is 2.36. The number of amides is 4. The van der Waals surface area contributed by atoms with Gasteiger partial charge in [0.1, 0.15) is 5.75 Å². The summed E-state index contributed by atoms with van der Waals surface area (Å²) >= 11 is 1.47. The van der Waals surface area contributed by atoms with Gasteiger partial charge in [0.25, 0.3) is 5.91 Å². The molecule has 4 amide bonds. The van der Waals surface area contributed by atoms with Crippen molar-refractivity contribution < 1.29 is 19.1 Å². The molecule has 0 spiro atoms. The molecular formula is C27H29N7O4S. The molecule has 6 rings (SSSR count). The van der Waals surface area contributed by atoms with Crippen LogP contribution in [0.4, 0.5) is 10.5 Å². The van der Waals surface area contributed by atoms with Gasteiger partial charge in [0.05, 0.1) is 16.3 Å². The third-order valence-electron chi connectivity index (χ3n) is 7.56. The number of anilines is 1. The molecule has 3 saturated heterocycles.